The molecule has 3 nitrogen and oxygen atoms in total. The van der Waals surface area contributed by atoms with Gasteiger partial charge in [0.2, 0.25) is 0 Å². The third kappa shape index (κ3) is 3.54. The molecule has 0 amide bonds. The lowest BCUT2D eigenvalue weighted by Gasteiger charge is -2.37. The number of aliphatic hydroxyl groups is 1. The minimum Gasteiger partial charge on any atom is -0.505 e. The second kappa shape index (κ2) is 4.58. The molecule has 0 atom stereocenters. The van der Waals surface area contributed by atoms with Gasteiger partial charge in [-0.2, -0.15) is 0 Å². The van der Waals surface area contributed by atoms with E-state index in [1.165, 1.54) is 0 Å². The highest BCUT2D eigenvalue weighted by Crippen LogP contribution is 2.25. The zero-order chi connectivity index (χ0) is 11.5. The van der Waals surface area contributed by atoms with Gasteiger partial charge in [0.25, 0.3) is 0 Å². The first-order chi connectivity index (χ1) is 6.83. The lowest BCUT2D eigenvalue weighted by atomic mass is 9.85. The summed E-state index contributed by atoms with van der Waals surface area (Å²) in [5.41, 5.74) is -0.546. The summed E-state index contributed by atoms with van der Waals surface area (Å²) < 4.78 is 11.1. The van der Waals surface area contributed by atoms with Crippen molar-refractivity contribution in [1.82, 2.24) is 0 Å². The molecule has 1 aliphatic rings. The first kappa shape index (κ1) is 12.6. The number of ether oxygens (including phenoxy) is 1. The standard InChI is InChI=1S/C11H21BO3/c1-10(2,13)11(3,4)15-12-9-7-5-6-8-14-9/h7,12-13H,5-6,8H2,1-4H3. The van der Waals surface area contributed by atoms with Crippen molar-refractivity contribution in [2.24, 2.45) is 0 Å². The normalized spacial score (nSPS) is 18.1. The summed E-state index contributed by atoms with van der Waals surface area (Å²) in [6.07, 6.45) is 4.20. The van der Waals surface area contributed by atoms with Crippen molar-refractivity contribution in [2.45, 2.75) is 51.7 Å². The van der Waals surface area contributed by atoms with Crippen LogP contribution in [0.1, 0.15) is 40.5 Å². The SMILES string of the molecule is CC(C)(O)C(C)(C)OBC1=CCCCO1. The number of hydrogen-bond donors (Lipinski definition) is 1. The quantitative estimate of drug-likeness (QED) is 0.718. The van der Waals surface area contributed by atoms with E-state index in [2.05, 4.69) is 6.08 Å². The maximum absolute atomic E-state index is 9.89. The van der Waals surface area contributed by atoms with E-state index in [0.29, 0.717) is 7.48 Å². The summed E-state index contributed by atoms with van der Waals surface area (Å²) in [6, 6.07) is 0. The van der Waals surface area contributed by atoms with Gasteiger partial charge in [-0.05, 0) is 40.5 Å². The summed E-state index contributed by atoms with van der Waals surface area (Å²) in [6.45, 7) is 8.05. The molecule has 0 saturated heterocycles. The molecule has 0 spiro atoms. The van der Waals surface area contributed by atoms with Crippen molar-refractivity contribution >= 4 is 7.48 Å². The van der Waals surface area contributed by atoms with Crippen LogP contribution in [0.5, 0.6) is 0 Å². The molecule has 0 aliphatic carbocycles. The van der Waals surface area contributed by atoms with Crippen LogP contribution < -0.4 is 0 Å². The molecule has 1 rings (SSSR count). The minimum atomic E-state index is -0.859. The van der Waals surface area contributed by atoms with Crippen LogP contribution in [-0.2, 0) is 9.39 Å². The lowest BCUT2D eigenvalue weighted by molar-refractivity contribution is -0.0907. The maximum Gasteiger partial charge on any atom is 0.349 e. The topological polar surface area (TPSA) is 38.7 Å². The van der Waals surface area contributed by atoms with E-state index in [4.69, 9.17) is 9.39 Å². The fourth-order valence-electron chi connectivity index (χ4n) is 1.14. The Morgan fingerprint density at radius 3 is 2.53 bits per heavy atom. The van der Waals surface area contributed by atoms with Crippen LogP contribution in [-0.4, -0.2) is 30.4 Å². The van der Waals surface area contributed by atoms with Gasteiger partial charge in [-0.25, -0.2) is 0 Å². The van der Waals surface area contributed by atoms with Crippen LogP contribution in [0.2, 0.25) is 0 Å². The van der Waals surface area contributed by atoms with Gasteiger partial charge in [0, 0.05) is 0 Å². The fraction of sp³-hybridized carbons (Fsp3) is 0.818. The van der Waals surface area contributed by atoms with E-state index in [-0.39, 0.29) is 0 Å². The van der Waals surface area contributed by atoms with Crippen LogP contribution in [0.3, 0.4) is 0 Å². The summed E-state index contributed by atoms with van der Waals surface area (Å²) in [5, 5.41) is 9.89. The Labute approximate surface area is 92.7 Å². The van der Waals surface area contributed by atoms with E-state index >= 15 is 0 Å². The van der Waals surface area contributed by atoms with Crippen molar-refractivity contribution in [3.63, 3.8) is 0 Å². The smallest absolute Gasteiger partial charge is 0.349 e. The number of allylic oxidation sites excluding steroid dienone is 1. The fourth-order valence-corrected chi connectivity index (χ4v) is 1.14. The Kier molecular flexibility index (Phi) is 3.84. The Morgan fingerprint density at radius 2 is 2.07 bits per heavy atom. The highest BCUT2D eigenvalue weighted by atomic mass is 16.5. The van der Waals surface area contributed by atoms with Crippen LogP contribution in [0, 0.1) is 0 Å². The Bertz CT molecular complexity index is 241. The zero-order valence-corrected chi connectivity index (χ0v) is 10.2. The highest BCUT2D eigenvalue weighted by molar-refractivity contribution is 6.37. The largest absolute Gasteiger partial charge is 0.505 e. The molecule has 1 N–H and O–H groups in total. The van der Waals surface area contributed by atoms with Gasteiger partial charge >= 0.3 is 7.48 Å². The van der Waals surface area contributed by atoms with E-state index in [1.807, 2.05) is 13.8 Å². The predicted octanol–water partition coefficient (Wildman–Crippen LogP) is 1.56. The molecule has 0 radical (unpaired) electrons. The average Bonchev–Trinajstić information content (AvgIpc) is 2.15. The lowest BCUT2D eigenvalue weighted by Crippen LogP contribution is -2.48. The molecular weight excluding hydrogens is 191 g/mol. The first-order valence-corrected chi connectivity index (χ1v) is 5.51. The van der Waals surface area contributed by atoms with Crippen LogP contribution in [0.15, 0.2) is 11.7 Å². The second-order valence-corrected chi connectivity index (χ2v) is 5.02. The van der Waals surface area contributed by atoms with Crippen LogP contribution >= 0.6 is 0 Å². The summed E-state index contributed by atoms with van der Waals surface area (Å²) in [4.78, 5) is 0. The first-order valence-electron chi connectivity index (χ1n) is 5.51. The molecule has 0 aromatic heterocycles. The van der Waals surface area contributed by atoms with Crippen molar-refractivity contribution in [3.05, 3.63) is 11.7 Å². The maximum atomic E-state index is 9.89. The zero-order valence-electron chi connectivity index (χ0n) is 10.2. The Hall–Kier alpha value is -0.475. The average molecular weight is 212 g/mol. The van der Waals surface area contributed by atoms with Crippen molar-refractivity contribution in [1.29, 1.82) is 0 Å². The van der Waals surface area contributed by atoms with Gasteiger partial charge in [0.05, 0.1) is 23.5 Å². The van der Waals surface area contributed by atoms with Gasteiger partial charge in [0.15, 0.2) is 0 Å². The molecular formula is C11H21BO3. The molecule has 0 aromatic carbocycles. The molecule has 0 bridgehead atoms. The molecule has 4 heteroatoms. The molecule has 15 heavy (non-hydrogen) atoms. The highest BCUT2D eigenvalue weighted by Gasteiger charge is 2.36. The molecule has 0 unspecified atom stereocenters. The molecule has 1 aliphatic heterocycles. The van der Waals surface area contributed by atoms with E-state index in [0.717, 1.165) is 25.1 Å². The van der Waals surface area contributed by atoms with Gasteiger partial charge in [-0.3, -0.25) is 0 Å². The van der Waals surface area contributed by atoms with Crippen LogP contribution in [0.25, 0.3) is 0 Å². The van der Waals surface area contributed by atoms with Gasteiger partial charge in [0.1, 0.15) is 0 Å². The van der Waals surface area contributed by atoms with Crippen molar-refractivity contribution in [3.8, 4) is 0 Å². The van der Waals surface area contributed by atoms with Gasteiger partial charge < -0.3 is 14.5 Å². The third-order valence-electron chi connectivity index (χ3n) is 3.06. The summed E-state index contributed by atoms with van der Waals surface area (Å²) in [7, 11) is 0.441. The second-order valence-electron chi connectivity index (χ2n) is 5.02. The van der Waals surface area contributed by atoms with E-state index in [1.54, 1.807) is 13.8 Å². The monoisotopic (exact) mass is 212 g/mol. The van der Waals surface area contributed by atoms with Crippen LogP contribution in [0.4, 0.5) is 0 Å². The van der Waals surface area contributed by atoms with Crippen molar-refractivity contribution in [2.75, 3.05) is 6.61 Å². The number of rotatable bonds is 4. The Morgan fingerprint density at radius 1 is 1.40 bits per heavy atom. The third-order valence-corrected chi connectivity index (χ3v) is 3.06. The minimum absolute atomic E-state index is 0.441. The molecule has 0 fully saturated rings. The van der Waals surface area contributed by atoms with Gasteiger partial charge in [-0.1, -0.05) is 6.08 Å². The number of hydrogen-bond acceptors (Lipinski definition) is 3. The molecule has 86 valence electrons. The van der Waals surface area contributed by atoms with Crippen molar-refractivity contribution < 1.29 is 14.5 Å². The molecule has 0 aromatic rings. The van der Waals surface area contributed by atoms with E-state index in [9.17, 15) is 5.11 Å². The molecule has 0 saturated carbocycles. The van der Waals surface area contributed by atoms with Gasteiger partial charge in [-0.15, -0.1) is 0 Å². The molecule has 1 heterocycles. The Balaban J connectivity index is 2.45. The summed E-state index contributed by atoms with van der Waals surface area (Å²) in [5.74, 6) is 0. The predicted molar refractivity (Wildman–Crippen MR) is 61.9 cm³/mol. The van der Waals surface area contributed by atoms with E-state index < -0.39 is 11.2 Å². The summed E-state index contributed by atoms with van der Waals surface area (Å²) >= 11 is 0.